The van der Waals surface area contributed by atoms with Crippen LogP contribution in [0.5, 0.6) is 5.75 Å². The highest BCUT2D eigenvalue weighted by atomic mass is 32.2. The predicted molar refractivity (Wildman–Crippen MR) is 99.6 cm³/mol. The Morgan fingerprint density at radius 3 is 2.88 bits per heavy atom. The molecule has 1 fully saturated rings. The molecule has 140 valence electrons. The fourth-order valence-corrected chi connectivity index (χ4v) is 3.23. The summed E-state index contributed by atoms with van der Waals surface area (Å²) in [6.07, 6.45) is 0.728. The smallest absolute Gasteiger partial charge is 0.296 e. The topological polar surface area (TPSA) is 123 Å². The number of benzene rings is 1. The van der Waals surface area contributed by atoms with Gasteiger partial charge < -0.3 is 15.4 Å². The van der Waals surface area contributed by atoms with Gasteiger partial charge in [0.1, 0.15) is 16.7 Å². The second kappa shape index (κ2) is 8.65. The monoisotopic (exact) mass is 380 g/mol. The van der Waals surface area contributed by atoms with Gasteiger partial charge in [0.25, 0.3) is 5.69 Å². The lowest BCUT2D eigenvalue weighted by atomic mass is 10.2. The van der Waals surface area contributed by atoms with E-state index in [1.54, 1.807) is 0 Å². The average Bonchev–Trinajstić information content (AvgIpc) is 2.93. The molecule has 0 unspecified atom stereocenters. The highest BCUT2D eigenvalue weighted by Crippen LogP contribution is 2.30. The molecule has 26 heavy (non-hydrogen) atoms. The number of rotatable bonds is 7. The normalized spacial score (nSPS) is 19.1. The van der Waals surface area contributed by atoms with Crippen LogP contribution in [-0.4, -0.2) is 40.3 Å². The summed E-state index contributed by atoms with van der Waals surface area (Å²) >= 11 is 1.19. The van der Waals surface area contributed by atoms with E-state index in [-0.39, 0.29) is 29.7 Å². The van der Waals surface area contributed by atoms with Gasteiger partial charge in [-0.2, -0.15) is 0 Å². The Kier molecular flexibility index (Phi) is 6.56. The number of amidine groups is 1. The van der Waals surface area contributed by atoms with E-state index in [2.05, 4.69) is 15.6 Å². The van der Waals surface area contributed by atoms with E-state index in [0.717, 1.165) is 6.42 Å². The van der Waals surface area contributed by atoms with Gasteiger partial charge in [0, 0.05) is 12.5 Å². The fraction of sp³-hybridized carbons (Fsp3) is 0.438. The van der Waals surface area contributed by atoms with Crippen molar-refractivity contribution in [3.63, 3.8) is 0 Å². The third-order valence-corrected chi connectivity index (χ3v) is 4.85. The van der Waals surface area contributed by atoms with E-state index in [1.807, 2.05) is 13.8 Å². The highest BCUT2D eigenvalue weighted by molar-refractivity contribution is 8.15. The van der Waals surface area contributed by atoms with Crippen LogP contribution >= 0.6 is 11.8 Å². The third kappa shape index (κ3) is 4.94. The maximum absolute atomic E-state index is 12.2. The molecule has 10 heteroatoms. The minimum atomic E-state index is -0.616. The zero-order chi connectivity index (χ0) is 19.3. The Morgan fingerprint density at radius 1 is 1.54 bits per heavy atom. The van der Waals surface area contributed by atoms with Gasteiger partial charge in [-0.15, -0.1) is 0 Å². The highest BCUT2D eigenvalue weighted by Gasteiger charge is 2.32. The number of carbonyl (C=O) groups is 2. The molecule has 0 aromatic heterocycles. The molecular formula is C16H20N4O5S. The number of ether oxygens (including phenoxy) is 1. The fourth-order valence-electron chi connectivity index (χ4n) is 2.16. The molecule has 0 spiro atoms. The maximum Gasteiger partial charge on any atom is 0.296 e. The van der Waals surface area contributed by atoms with E-state index in [9.17, 15) is 19.7 Å². The summed E-state index contributed by atoms with van der Waals surface area (Å²) in [6.45, 7) is 3.92. The van der Waals surface area contributed by atoms with Gasteiger partial charge in [-0.05, 0) is 25.5 Å². The van der Waals surface area contributed by atoms with Crippen LogP contribution in [0.4, 0.5) is 11.4 Å². The van der Waals surface area contributed by atoms with Gasteiger partial charge >= 0.3 is 0 Å². The first-order chi connectivity index (χ1) is 12.3. The number of thioether (sulfide) groups is 1. The van der Waals surface area contributed by atoms with Crippen LogP contribution in [0.25, 0.3) is 0 Å². The lowest BCUT2D eigenvalue weighted by molar-refractivity contribution is -0.384. The van der Waals surface area contributed by atoms with E-state index in [0.29, 0.717) is 10.9 Å². The van der Waals surface area contributed by atoms with Crippen molar-refractivity contribution in [2.24, 2.45) is 4.99 Å². The molecule has 2 amide bonds. The first-order valence-electron chi connectivity index (χ1n) is 8.01. The lowest BCUT2D eigenvalue weighted by Crippen LogP contribution is -2.28. The number of amides is 2. The number of hydrogen-bond donors (Lipinski definition) is 2. The maximum atomic E-state index is 12.2. The van der Waals surface area contributed by atoms with Crippen LogP contribution in [0, 0.1) is 10.1 Å². The van der Waals surface area contributed by atoms with Crippen molar-refractivity contribution in [1.29, 1.82) is 0 Å². The minimum Gasteiger partial charge on any atom is -0.496 e. The van der Waals surface area contributed by atoms with Crippen LogP contribution < -0.4 is 15.4 Å². The van der Waals surface area contributed by atoms with E-state index in [4.69, 9.17) is 4.74 Å². The standard InChI is InChI=1S/C16H20N4O5S/c1-4-9(2)17-16-19-15(22)13(26-16)8-14(21)18-11-6-5-10(25-3)7-12(11)20(23)24/h5-7,9,13H,4,8H2,1-3H3,(H,18,21)(H,17,19,22)/t9-,13+/m0/s1. The van der Waals surface area contributed by atoms with Gasteiger partial charge in [0.05, 0.1) is 18.1 Å². The third-order valence-electron chi connectivity index (χ3n) is 3.75. The first kappa shape index (κ1) is 19.7. The van der Waals surface area contributed by atoms with Crippen LogP contribution in [0.3, 0.4) is 0 Å². The number of carbonyl (C=O) groups excluding carboxylic acids is 2. The summed E-state index contributed by atoms with van der Waals surface area (Å²) in [4.78, 5) is 39.1. The number of nitro benzene ring substituents is 1. The van der Waals surface area contributed by atoms with Gasteiger partial charge in [-0.1, -0.05) is 18.7 Å². The number of nitrogens with one attached hydrogen (secondary N) is 2. The van der Waals surface area contributed by atoms with Crippen LogP contribution in [-0.2, 0) is 9.59 Å². The largest absolute Gasteiger partial charge is 0.496 e. The number of anilines is 1. The molecular weight excluding hydrogens is 360 g/mol. The van der Waals surface area contributed by atoms with Crippen LogP contribution in [0.1, 0.15) is 26.7 Å². The van der Waals surface area contributed by atoms with Gasteiger partial charge in [0.2, 0.25) is 11.8 Å². The summed E-state index contributed by atoms with van der Waals surface area (Å²) in [7, 11) is 1.39. The van der Waals surface area contributed by atoms with Crippen molar-refractivity contribution in [3.8, 4) is 5.75 Å². The molecule has 1 aromatic carbocycles. The Balaban J connectivity index is 2.04. The molecule has 0 aliphatic carbocycles. The second-order valence-electron chi connectivity index (χ2n) is 5.68. The Morgan fingerprint density at radius 2 is 2.27 bits per heavy atom. The van der Waals surface area contributed by atoms with Crippen molar-refractivity contribution >= 4 is 40.1 Å². The molecule has 0 saturated carbocycles. The number of hydrogen-bond acceptors (Lipinski definition) is 7. The van der Waals surface area contributed by atoms with Gasteiger partial charge in [0.15, 0.2) is 5.17 Å². The SMILES string of the molecule is CC[C@H](C)N=C1NC(=O)[C@@H](CC(=O)Nc2ccc(OC)cc2[N+](=O)[O-])S1. The molecule has 2 atom stereocenters. The molecule has 0 radical (unpaired) electrons. The Hall–Kier alpha value is -2.62. The first-order valence-corrected chi connectivity index (χ1v) is 8.89. The molecule has 1 heterocycles. The molecule has 2 N–H and O–H groups in total. The number of aliphatic imine (C=N–C) groups is 1. The quantitative estimate of drug-likeness (QED) is 0.553. The molecule has 1 aliphatic rings. The van der Waals surface area contributed by atoms with Gasteiger partial charge in [-0.3, -0.25) is 24.7 Å². The molecule has 0 bridgehead atoms. The number of nitro groups is 1. The van der Waals surface area contributed by atoms with E-state index >= 15 is 0 Å². The van der Waals surface area contributed by atoms with Crippen molar-refractivity contribution < 1.29 is 19.2 Å². The summed E-state index contributed by atoms with van der Waals surface area (Å²) in [5.41, 5.74) is -0.224. The second-order valence-corrected chi connectivity index (χ2v) is 6.87. The molecule has 2 rings (SSSR count). The number of nitrogens with zero attached hydrogens (tertiary/aromatic N) is 2. The molecule has 1 aliphatic heterocycles. The van der Waals surface area contributed by atoms with Crippen molar-refractivity contribution in [3.05, 3.63) is 28.3 Å². The summed E-state index contributed by atoms with van der Waals surface area (Å²) in [6, 6.07) is 4.21. The Bertz CT molecular complexity index is 752. The molecule has 1 aromatic rings. The van der Waals surface area contributed by atoms with E-state index in [1.165, 1.54) is 37.1 Å². The molecule has 9 nitrogen and oxygen atoms in total. The van der Waals surface area contributed by atoms with Crippen molar-refractivity contribution in [1.82, 2.24) is 5.32 Å². The lowest BCUT2D eigenvalue weighted by Gasteiger charge is -2.09. The van der Waals surface area contributed by atoms with Gasteiger partial charge in [-0.25, -0.2) is 0 Å². The Labute approximate surface area is 154 Å². The van der Waals surface area contributed by atoms with Crippen LogP contribution in [0.2, 0.25) is 0 Å². The minimum absolute atomic E-state index is 0.0534. The zero-order valence-electron chi connectivity index (χ0n) is 14.6. The summed E-state index contributed by atoms with van der Waals surface area (Å²) in [5, 5.41) is 16.2. The summed E-state index contributed by atoms with van der Waals surface area (Å²) < 4.78 is 4.95. The van der Waals surface area contributed by atoms with Crippen molar-refractivity contribution in [2.45, 2.75) is 38.0 Å². The summed E-state index contributed by atoms with van der Waals surface area (Å²) in [5.74, 6) is -0.474. The average molecular weight is 380 g/mol. The van der Waals surface area contributed by atoms with E-state index < -0.39 is 16.1 Å². The molecule has 1 saturated heterocycles. The zero-order valence-corrected chi connectivity index (χ0v) is 15.5. The van der Waals surface area contributed by atoms with Crippen molar-refractivity contribution in [2.75, 3.05) is 12.4 Å². The number of methoxy groups -OCH3 is 1. The predicted octanol–water partition coefficient (Wildman–Crippen LogP) is 2.32. The van der Waals surface area contributed by atoms with Crippen LogP contribution in [0.15, 0.2) is 23.2 Å².